The van der Waals surface area contributed by atoms with Gasteiger partial charge in [0.1, 0.15) is 5.01 Å². The highest BCUT2D eigenvalue weighted by atomic mass is 32.1. The van der Waals surface area contributed by atoms with Crippen LogP contribution in [-0.4, -0.2) is 48.3 Å². The summed E-state index contributed by atoms with van der Waals surface area (Å²) in [5, 5.41) is 3.18. The monoisotopic (exact) mass is 291 g/mol. The molecule has 0 aliphatic carbocycles. The van der Waals surface area contributed by atoms with Crippen LogP contribution in [0.5, 0.6) is 5.88 Å². The fourth-order valence-corrected chi connectivity index (χ4v) is 3.04. The number of pyridine rings is 1. The van der Waals surface area contributed by atoms with E-state index in [2.05, 4.69) is 15.3 Å². The van der Waals surface area contributed by atoms with Crippen molar-refractivity contribution in [3.05, 3.63) is 28.7 Å². The van der Waals surface area contributed by atoms with E-state index in [1.165, 1.54) is 0 Å². The van der Waals surface area contributed by atoms with E-state index in [1.807, 2.05) is 12.1 Å². The van der Waals surface area contributed by atoms with Crippen molar-refractivity contribution in [3.8, 4) is 17.1 Å². The molecule has 0 N–H and O–H groups in total. The molecule has 1 aliphatic heterocycles. The quantitative estimate of drug-likeness (QED) is 0.863. The first kappa shape index (κ1) is 13.5. The SMILES string of the molecule is COc1ncccc1-c1csc(CN2CCOCC2)n1. The normalized spacial score (nSPS) is 16.2. The Bertz CT molecular complexity index is 567. The molecule has 6 heteroatoms. The van der Waals surface area contributed by atoms with E-state index < -0.39 is 0 Å². The van der Waals surface area contributed by atoms with E-state index in [0.29, 0.717) is 5.88 Å². The minimum absolute atomic E-state index is 0.621. The summed E-state index contributed by atoms with van der Waals surface area (Å²) in [5.41, 5.74) is 1.88. The van der Waals surface area contributed by atoms with Crippen LogP contribution >= 0.6 is 11.3 Å². The number of nitrogens with zero attached hydrogens (tertiary/aromatic N) is 3. The first-order valence-electron chi connectivity index (χ1n) is 6.60. The molecule has 0 bridgehead atoms. The number of hydrogen-bond donors (Lipinski definition) is 0. The van der Waals surface area contributed by atoms with Crippen LogP contribution in [0.1, 0.15) is 5.01 Å². The molecule has 2 aromatic heterocycles. The lowest BCUT2D eigenvalue weighted by Crippen LogP contribution is -2.35. The van der Waals surface area contributed by atoms with Gasteiger partial charge in [-0.15, -0.1) is 11.3 Å². The number of rotatable bonds is 4. The number of ether oxygens (including phenoxy) is 2. The number of methoxy groups -OCH3 is 1. The molecule has 0 spiro atoms. The molecule has 0 radical (unpaired) electrons. The summed E-state index contributed by atoms with van der Waals surface area (Å²) >= 11 is 1.68. The van der Waals surface area contributed by atoms with E-state index >= 15 is 0 Å². The Kier molecular flexibility index (Phi) is 4.25. The third kappa shape index (κ3) is 2.98. The van der Waals surface area contributed by atoms with Crippen molar-refractivity contribution in [1.82, 2.24) is 14.9 Å². The van der Waals surface area contributed by atoms with Gasteiger partial charge in [-0.1, -0.05) is 0 Å². The highest BCUT2D eigenvalue weighted by Crippen LogP contribution is 2.28. The summed E-state index contributed by atoms with van der Waals surface area (Å²) in [6.45, 7) is 4.47. The lowest BCUT2D eigenvalue weighted by molar-refractivity contribution is 0.0342. The molecular weight excluding hydrogens is 274 g/mol. The largest absolute Gasteiger partial charge is 0.481 e. The lowest BCUT2D eigenvalue weighted by atomic mass is 10.2. The molecule has 3 heterocycles. The van der Waals surface area contributed by atoms with Gasteiger partial charge in [0.15, 0.2) is 0 Å². The van der Waals surface area contributed by atoms with E-state index in [1.54, 1.807) is 24.6 Å². The molecule has 0 amide bonds. The van der Waals surface area contributed by atoms with E-state index in [9.17, 15) is 0 Å². The number of hydrogen-bond acceptors (Lipinski definition) is 6. The van der Waals surface area contributed by atoms with Crippen LogP contribution in [0.3, 0.4) is 0 Å². The van der Waals surface area contributed by atoms with Crippen molar-refractivity contribution in [1.29, 1.82) is 0 Å². The summed E-state index contributed by atoms with van der Waals surface area (Å²) in [7, 11) is 1.63. The second-order valence-corrected chi connectivity index (χ2v) is 5.52. The first-order chi connectivity index (χ1) is 9.86. The van der Waals surface area contributed by atoms with Gasteiger partial charge in [0.05, 0.1) is 38.1 Å². The smallest absolute Gasteiger partial charge is 0.222 e. The lowest BCUT2D eigenvalue weighted by Gasteiger charge is -2.25. The van der Waals surface area contributed by atoms with Crippen LogP contribution in [0.4, 0.5) is 0 Å². The average Bonchev–Trinajstić information content (AvgIpc) is 2.96. The fraction of sp³-hybridized carbons (Fsp3) is 0.429. The number of morpholine rings is 1. The maximum Gasteiger partial charge on any atom is 0.222 e. The molecule has 5 nitrogen and oxygen atoms in total. The third-order valence-corrected chi connectivity index (χ3v) is 4.09. The van der Waals surface area contributed by atoms with Crippen molar-refractivity contribution < 1.29 is 9.47 Å². The van der Waals surface area contributed by atoms with E-state index in [0.717, 1.165) is 49.1 Å². The van der Waals surface area contributed by atoms with Crippen LogP contribution in [0.15, 0.2) is 23.7 Å². The van der Waals surface area contributed by atoms with Gasteiger partial charge in [-0.05, 0) is 12.1 Å². The summed E-state index contributed by atoms with van der Waals surface area (Å²) in [6.07, 6.45) is 1.73. The minimum atomic E-state index is 0.621. The molecule has 106 valence electrons. The predicted octanol–water partition coefficient (Wildman–Crippen LogP) is 2.05. The molecule has 0 atom stereocenters. The van der Waals surface area contributed by atoms with Crippen LogP contribution in [0, 0.1) is 0 Å². The van der Waals surface area contributed by atoms with Gasteiger partial charge in [0, 0.05) is 24.7 Å². The summed E-state index contributed by atoms with van der Waals surface area (Å²) in [5.74, 6) is 0.621. The zero-order valence-corrected chi connectivity index (χ0v) is 12.2. The van der Waals surface area contributed by atoms with Gasteiger partial charge in [0.2, 0.25) is 5.88 Å². The van der Waals surface area contributed by atoms with Gasteiger partial charge in [-0.2, -0.15) is 0 Å². The van der Waals surface area contributed by atoms with Gasteiger partial charge in [-0.3, -0.25) is 4.90 Å². The third-order valence-electron chi connectivity index (χ3n) is 3.25. The Morgan fingerprint density at radius 1 is 1.40 bits per heavy atom. The topological polar surface area (TPSA) is 47.5 Å². The zero-order valence-electron chi connectivity index (χ0n) is 11.4. The van der Waals surface area contributed by atoms with Crippen LogP contribution < -0.4 is 4.74 Å². The predicted molar refractivity (Wildman–Crippen MR) is 78.0 cm³/mol. The Morgan fingerprint density at radius 3 is 3.05 bits per heavy atom. The Balaban J connectivity index is 1.75. The van der Waals surface area contributed by atoms with Crippen molar-refractivity contribution >= 4 is 11.3 Å². The minimum Gasteiger partial charge on any atom is -0.481 e. The zero-order chi connectivity index (χ0) is 13.8. The van der Waals surface area contributed by atoms with Crippen LogP contribution in [0.25, 0.3) is 11.3 Å². The highest BCUT2D eigenvalue weighted by molar-refractivity contribution is 7.09. The molecule has 20 heavy (non-hydrogen) atoms. The summed E-state index contributed by atoms with van der Waals surface area (Å²) in [4.78, 5) is 11.3. The highest BCUT2D eigenvalue weighted by Gasteiger charge is 2.14. The molecule has 0 aromatic carbocycles. The summed E-state index contributed by atoms with van der Waals surface area (Å²) < 4.78 is 10.6. The van der Waals surface area contributed by atoms with Crippen molar-refractivity contribution in [3.63, 3.8) is 0 Å². The number of aromatic nitrogens is 2. The molecule has 1 saturated heterocycles. The van der Waals surface area contributed by atoms with Gasteiger partial charge < -0.3 is 9.47 Å². The molecular formula is C14H17N3O2S. The van der Waals surface area contributed by atoms with E-state index in [-0.39, 0.29) is 0 Å². The van der Waals surface area contributed by atoms with Crippen molar-refractivity contribution in [2.45, 2.75) is 6.54 Å². The van der Waals surface area contributed by atoms with E-state index in [4.69, 9.17) is 14.5 Å². The average molecular weight is 291 g/mol. The summed E-state index contributed by atoms with van der Waals surface area (Å²) in [6, 6.07) is 3.89. The maximum atomic E-state index is 5.36. The molecule has 0 saturated carbocycles. The van der Waals surface area contributed by atoms with Crippen molar-refractivity contribution in [2.24, 2.45) is 0 Å². The Hall–Kier alpha value is -1.50. The maximum absolute atomic E-state index is 5.36. The molecule has 1 fully saturated rings. The Morgan fingerprint density at radius 2 is 2.25 bits per heavy atom. The van der Waals surface area contributed by atoms with Gasteiger partial charge in [0.25, 0.3) is 0 Å². The van der Waals surface area contributed by atoms with Crippen LogP contribution in [-0.2, 0) is 11.3 Å². The van der Waals surface area contributed by atoms with Gasteiger partial charge >= 0.3 is 0 Å². The molecule has 3 rings (SSSR count). The second-order valence-electron chi connectivity index (χ2n) is 4.58. The number of thiazole rings is 1. The van der Waals surface area contributed by atoms with Gasteiger partial charge in [-0.25, -0.2) is 9.97 Å². The van der Waals surface area contributed by atoms with Crippen molar-refractivity contribution in [2.75, 3.05) is 33.4 Å². The first-order valence-corrected chi connectivity index (χ1v) is 7.48. The standard InChI is InChI=1S/C14H17N3O2S/c1-18-14-11(3-2-4-15-14)12-10-20-13(16-12)9-17-5-7-19-8-6-17/h2-4,10H,5-9H2,1H3. The molecule has 0 unspecified atom stereocenters. The molecule has 1 aliphatic rings. The second kappa shape index (κ2) is 6.30. The Labute approximate surface area is 122 Å². The fourth-order valence-electron chi connectivity index (χ4n) is 2.21. The van der Waals surface area contributed by atoms with Crippen LogP contribution in [0.2, 0.25) is 0 Å². The molecule has 2 aromatic rings.